The Morgan fingerprint density at radius 1 is 1.24 bits per heavy atom. The maximum Gasteiger partial charge on any atom is 0.261 e. The number of nitrogens with one attached hydrogen (secondary N) is 1. The van der Waals surface area contributed by atoms with Crippen molar-refractivity contribution in [3.63, 3.8) is 0 Å². The number of thiophene rings is 1. The van der Waals surface area contributed by atoms with Gasteiger partial charge in [0.05, 0.1) is 27.8 Å². The molecule has 0 atom stereocenters. The normalized spacial score (nSPS) is 13.3. The minimum Gasteiger partial charge on any atom is -0.365 e. The molecule has 150 valence electrons. The Morgan fingerprint density at radius 2 is 2.00 bits per heavy atom. The number of hydrogen-bond acceptors (Lipinski definition) is 5. The molecule has 3 aromatic rings. The summed E-state index contributed by atoms with van der Waals surface area (Å²) >= 11 is 13.4. The highest BCUT2D eigenvalue weighted by Crippen LogP contribution is 2.37. The fraction of sp³-hybridized carbons (Fsp3) is 0.263. The number of rotatable bonds is 4. The fourth-order valence-electron chi connectivity index (χ4n) is 3.54. The van der Waals surface area contributed by atoms with Crippen molar-refractivity contribution >= 4 is 62.3 Å². The van der Waals surface area contributed by atoms with E-state index in [1.54, 1.807) is 0 Å². The lowest BCUT2D eigenvalue weighted by Gasteiger charge is -2.11. The van der Waals surface area contributed by atoms with Crippen molar-refractivity contribution in [2.24, 2.45) is 5.73 Å². The lowest BCUT2D eigenvalue weighted by atomic mass is 9.95. The summed E-state index contributed by atoms with van der Waals surface area (Å²) in [5.41, 5.74) is 6.74. The summed E-state index contributed by atoms with van der Waals surface area (Å²) in [6.07, 6.45) is 4.93. The van der Waals surface area contributed by atoms with Crippen LogP contribution in [0.4, 0.5) is 5.00 Å². The Labute approximate surface area is 179 Å². The third kappa shape index (κ3) is 3.75. The SMILES string of the molecule is NC(=O)c1c(NC(=O)Cn2cnc3c(Cl)cc(Cl)cc3c2=O)sc2c1CCCC2. The summed E-state index contributed by atoms with van der Waals surface area (Å²) in [5, 5.41) is 3.96. The largest absolute Gasteiger partial charge is 0.365 e. The number of fused-ring (bicyclic) bond motifs is 2. The molecular weight excluding hydrogens is 435 g/mol. The van der Waals surface area contributed by atoms with E-state index in [2.05, 4.69) is 10.3 Å². The van der Waals surface area contributed by atoms with Gasteiger partial charge in [-0.25, -0.2) is 4.98 Å². The number of amides is 2. The van der Waals surface area contributed by atoms with Crippen LogP contribution in [0.15, 0.2) is 23.3 Å². The van der Waals surface area contributed by atoms with Crippen LogP contribution in [0.1, 0.15) is 33.6 Å². The number of aryl methyl sites for hydroxylation is 1. The number of benzene rings is 1. The summed E-state index contributed by atoms with van der Waals surface area (Å²) in [4.78, 5) is 42.5. The first-order valence-corrected chi connectivity index (χ1v) is 10.5. The van der Waals surface area contributed by atoms with Gasteiger partial charge in [-0.15, -0.1) is 11.3 Å². The third-order valence-corrected chi connectivity index (χ3v) is 6.54. The topological polar surface area (TPSA) is 107 Å². The maximum atomic E-state index is 12.7. The van der Waals surface area contributed by atoms with Gasteiger partial charge in [-0.3, -0.25) is 19.0 Å². The van der Waals surface area contributed by atoms with E-state index in [9.17, 15) is 14.4 Å². The highest BCUT2D eigenvalue weighted by Gasteiger charge is 2.25. The molecule has 0 unspecified atom stereocenters. The Bertz CT molecular complexity index is 1220. The number of nitrogens with two attached hydrogens (primary N) is 1. The van der Waals surface area contributed by atoms with Crippen molar-refractivity contribution in [3.05, 3.63) is 54.9 Å². The van der Waals surface area contributed by atoms with E-state index in [1.807, 2.05) is 0 Å². The molecule has 0 saturated carbocycles. The summed E-state index contributed by atoms with van der Waals surface area (Å²) in [5.74, 6) is -1.02. The zero-order valence-electron chi connectivity index (χ0n) is 15.1. The van der Waals surface area contributed by atoms with Crippen LogP contribution in [-0.4, -0.2) is 21.4 Å². The van der Waals surface area contributed by atoms with Gasteiger partial charge in [0, 0.05) is 9.90 Å². The number of hydrogen-bond donors (Lipinski definition) is 2. The van der Waals surface area contributed by atoms with Crippen LogP contribution in [0.3, 0.4) is 0 Å². The highest BCUT2D eigenvalue weighted by atomic mass is 35.5. The molecule has 0 radical (unpaired) electrons. The molecule has 0 fully saturated rings. The van der Waals surface area contributed by atoms with Crippen LogP contribution in [0.5, 0.6) is 0 Å². The van der Waals surface area contributed by atoms with E-state index in [1.165, 1.54) is 34.4 Å². The average molecular weight is 451 g/mol. The minimum absolute atomic E-state index is 0.224. The van der Waals surface area contributed by atoms with Crippen molar-refractivity contribution in [2.45, 2.75) is 32.2 Å². The van der Waals surface area contributed by atoms with Crippen molar-refractivity contribution in [2.75, 3.05) is 5.32 Å². The predicted molar refractivity (Wildman–Crippen MR) is 114 cm³/mol. The second-order valence-electron chi connectivity index (χ2n) is 6.79. The molecule has 0 bridgehead atoms. The molecule has 2 aromatic heterocycles. The third-order valence-electron chi connectivity index (χ3n) is 4.83. The summed E-state index contributed by atoms with van der Waals surface area (Å²) in [6.45, 7) is -0.271. The van der Waals surface area contributed by atoms with Gasteiger partial charge in [0.25, 0.3) is 11.5 Å². The number of nitrogens with zero attached hydrogens (tertiary/aromatic N) is 2. The Kier molecular flexibility index (Phi) is 5.33. The smallest absolute Gasteiger partial charge is 0.261 e. The molecule has 4 rings (SSSR count). The molecule has 0 saturated heterocycles. The van der Waals surface area contributed by atoms with E-state index in [0.717, 1.165) is 36.1 Å². The molecule has 1 aromatic carbocycles. The summed E-state index contributed by atoms with van der Waals surface area (Å²) in [6, 6.07) is 2.96. The molecule has 1 aliphatic carbocycles. The van der Waals surface area contributed by atoms with Gasteiger partial charge in [0.2, 0.25) is 5.91 Å². The minimum atomic E-state index is -0.562. The molecule has 2 amide bonds. The molecule has 1 aliphatic rings. The van der Waals surface area contributed by atoms with Crippen molar-refractivity contribution in [1.82, 2.24) is 9.55 Å². The van der Waals surface area contributed by atoms with Gasteiger partial charge in [-0.1, -0.05) is 23.2 Å². The predicted octanol–water partition coefficient (Wildman–Crippen LogP) is 3.38. The van der Waals surface area contributed by atoms with Crippen LogP contribution in [-0.2, 0) is 24.2 Å². The van der Waals surface area contributed by atoms with Crippen LogP contribution in [0.25, 0.3) is 10.9 Å². The molecule has 10 heteroatoms. The standard InChI is InChI=1S/C19H16Cl2N4O3S/c20-9-5-11-16(12(21)6-9)23-8-25(19(11)28)7-14(26)24-18-15(17(22)27)10-3-1-2-4-13(10)29-18/h5-6,8H,1-4,7H2,(H2,22,27)(H,24,26). The fourth-order valence-corrected chi connectivity index (χ4v) is 5.40. The van der Waals surface area contributed by atoms with Gasteiger partial charge in [-0.05, 0) is 43.4 Å². The van der Waals surface area contributed by atoms with E-state index in [4.69, 9.17) is 28.9 Å². The van der Waals surface area contributed by atoms with Crippen molar-refractivity contribution in [1.29, 1.82) is 0 Å². The number of aromatic nitrogens is 2. The lowest BCUT2D eigenvalue weighted by molar-refractivity contribution is -0.116. The van der Waals surface area contributed by atoms with Crippen LogP contribution in [0, 0.1) is 0 Å². The molecule has 2 heterocycles. The first-order chi connectivity index (χ1) is 13.8. The van der Waals surface area contributed by atoms with E-state index < -0.39 is 17.4 Å². The lowest BCUT2D eigenvalue weighted by Crippen LogP contribution is -2.28. The Balaban J connectivity index is 1.63. The first-order valence-electron chi connectivity index (χ1n) is 8.93. The Morgan fingerprint density at radius 3 is 2.76 bits per heavy atom. The molecule has 3 N–H and O–H groups in total. The van der Waals surface area contributed by atoms with E-state index in [0.29, 0.717) is 21.1 Å². The average Bonchev–Trinajstić information content (AvgIpc) is 3.02. The van der Waals surface area contributed by atoms with Gasteiger partial charge in [-0.2, -0.15) is 0 Å². The first kappa shape index (κ1) is 19.9. The maximum absolute atomic E-state index is 12.7. The molecule has 7 nitrogen and oxygen atoms in total. The summed E-state index contributed by atoms with van der Waals surface area (Å²) in [7, 11) is 0. The van der Waals surface area contributed by atoms with Gasteiger partial charge in [0.15, 0.2) is 0 Å². The Hall–Kier alpha value is -2.42. The second-order valence-corrected chi connectivity index (χ2v) is 8.74. The quantitative estimate of drug-likeness (QED) is 0.634. The van der Waals surface area contributed by atoms with Crippen LogP contribution < -0.4 is 16.6 Å². The number of carbonyl (C=O) groups is 2. The van der Waals surface area contributed by atoms with Crippen LogP contribution >= 0.6 is 34.5 Å². The van der Waals surface area contributed by atoms with Crippen molar-refractivity contribution < 1.29 is 9.59 Å². The second kappa shape index (κ2) is 7.78. The van der Waals surface area contributed by atoms with Crippen molar-refractivity contribution in [3.8, 4) is 0 Å². The molecule has 0 aliphatic heterocycles. The highest BCUT2D eigenvalue weighted by molar-refractivity contribution is 7.17. The monoisotopic (exact) mass is 450 g/mol. The molecule has 29 heavy (non-hydrogen) atoms. The van der Waals surface area contributed by atoms with Gasteiger partial charge in [0.1, 0.15) is 11.5 Å². The van der Waals surface area contributed by atoms with Gasteiger partial charge >= 0.3 is 0 Å². The number of anilines is 1. The number of primary amides is 1. The van der Waals surface area contributed by atoms with E-state index >= 15 is 0 Å². The molecule has 0 spiro atoms. The number of carbonyl (C=O) groups excluding carboxylic acids is 2. The zero-order chi connectivity index (χ0) is 20.7. The number of halogens is 2. The zero-order valence-corrected chi connectivity index (χ0v) is 17.5. The molecular formula is C19H16Cl2N4O3S. The summed E-state index contributed by atoms with van der Waals surface area (Å²) < 4.78 is 1.17. The van der Waals surface area contributed by atoms with Crippen LogP contribution in [0.2, 0.25) is 10.0 Å². The van der Waals surface area contributed by atoms with Gasteiger partial charge < -0.3 is 11.1 Å². The van der Waals surface area contributed by atoms with E-state index in [-0.39, 0.29) is 17.0 Å².